The summed E-state index contributed by atoms with van der Waals surface area (Å²) in [7, 11) is 1.88. The quantitative estimate of drug-likeness (QED) is 0.734. The molecule has 0 saturated heterocycles. The Morgan fingerprint density at radius 2 is 2.23 bits per heavy atom. The van der Waals surface area contributed by atoms with Crippen LogP contribution in [0.4, 0.5) is 5.00 Å². The van der Waals surface area contributed by atoms with E-state index < -0.39 is 0 Å². The molecule has 1 N–H and O–H groups in total. The van der Waals surface area contributed by atoms with Gasteiger partial charge in [0, 0.05) is 11.9 Å². The van der Waals surface area contributed by atoms with Crippen LogP contribution in [0, 0.1) is 0 Å². The monoisotopic (exact) mass is 195 g/mol. The highest BCUT2D eigenvalue weighted by Crippen LogP contribution is 2.38. The van der Waals surface area contributed by atoms with Crippen molar-refractivity contribution in [3.8, 4) is 0 Å². The third kappa shape index (κ3) is 1.27. The van der Waals surface area contributed by atoms with E-state index in [0.29, 0.717) is 0 Å². The number of thiophene rings is 1. The molecule has 13 heavy (non-hydrogen) atoms. The Morgan fingerprint density at radius 1 is 1.46 bits per heavy atom. The number of carbonyl (C=O) groups is 1. The minimum atomic E-state index is 0.198. The Kier molecular flexibility index (Phi) is 2.12. The van der Waals surface area contributed by atoms with Crippen molar-refractivity contribution in [2.45, 2.75) is 26.2 Å². The lowest BCUT2D eigenvalue weighted by atomic mass is 10.1. The van der Waals surface area contributed by atoms with Gasteiger partial charge in [0.25, 0.3) is 0 Å². The van der Waals surface area contributed by atoms with Crippen LogP contribution in [-0.4, -0.2) is 12.8 Å². The normalized spacial score (nSPS) is 14.3. The summed E-state index contributed by atoms with van der Waals surface area (Å²) < 4.78 is 0. The van der Waals surface area contributed by atoms with E-state index in [0.717, 1.165) is 23.4 Å². The molecule has 0 fully saturated rings. The highest BCUT2D eigenvalue weighted by Gasteiger charge is 2.23. The van der Waals surface area contributed by atoms with E-state index in [1.54, 1.807) is 18.3 Å². The van der Waals surface area contributed by atoms with Crippen molar-refractivity contribution in [2.75, 3.05) is 12.4 Å². The van der Waals surface area contributed by atoms with Crippen LogP contribution in [0.1, 0.15) is 34.1 Å². The molecule has 3 heteroatoms. The molecule has 1 aliphatic rings. The summed E-state index contributed by atoms with van der Waals surface area (Å²) in [6.45, 7) is 1.65. The van der Waals surface area contributed by atoms with Crippen LogP contribution in [0.15, 0.2) is 0 Å². The number of aryl methyl sites for hydroxylation is 1. The van der Waals surface area contributed by atoms with Crippen LogP contribution < -0.4 is 5.32 Å². The molecule has 0 aromatic carbocycles. The lowest BCUT2D eigenvalue weighted by molar-refractivity contribution is 0.101. The number of Topliss-reactive ketones (excluding diaryl/α,β-unsaturated/α-hetero) is 1. The first kappa shape index (κ1) is 8.75. The molecule has 1 aromatic rings. The molecular formula is C10H13NOS. The summed E-state index contributed by atoms with van der Waals surface area (Å²) >= 11 is 1.74. The summed E-state index contributed by atoms with van der Waals surface area (Å²) in [5.74, 6) is 0.198. The maximum absolute atomic E-state index is 11.4. The van der Waals surface area contributed by atoms with Gasteiger partial charge in [-0.15, -0.1) is 11.3 Å². The fourth-order valence-corrected chi connectivity index (χ4v) is 3.24. The summed E-state index contributed by atoms with van der Waals surface area (Å²) in [4.78, 5) is 12.8. The molecule has 0 spiro atoms. The number of hydrogen-bond acceptors (Lipinski definition) is 3. The molecule has 0 amide bonds. The smallest absolute Gasteiger partial charge is 0.163 e. The van der Waals surface area contributed by atoms with Crippen LogP contribution >= 0.6 is 11.3 Å². The van der Waals surface area contributed by atoms with Crippen molar-refractivity contribution in [3.63, 3.8) is 0 Å². The maximum Gasteiger partial charge on any atom is 0.163 e. The summed E-state index contributed by atoms with van der Waals surface area (Å²) in [5, 5.41) is 4.16. The summed E-state index contributed by atoms with van der Waals surface area (Å²) in [5.41, 5.74) is 2.25. The molecule has 1 heterocycles. The molecule has 2 rings (SSSR count). The van der Waals surface area contributed by atoms with E-state index in [4.69, 9.17) is 0 Å². The van der Waals surface area contributed by atoms with Gasteiger partial charge in [-0.05, 0) is 31.7 Å². The fraction of sp³-hybridized carbons (Fsp3) is 0.500. The second-order valence-electron chi connectivity index (χ2n) is 3.37. The number of fused-ring (bicyclic) bond motifs is 1. The summed E-state index contributed by atoms with van der Waals surface area (Å²) in [6, 6.07) is 0. The highest BCUT2D eigenvalue weighted by atomic mass is 32.1. The number of hydrogen-bond donors (Lipinski definition) is 1. The Balaban J connectivity index is 2.55. The highest BCUT2D eigenvalue weighted by molar-refractivity contribution is 7.16. The van der Waals surface area contributed by atoms with E-state index >= 15 is 0 Å². The van der Waals surface area contributed by atoms with Gasteiger partial charge in [-0.2, -0.15) is 0 Å². The van der Waals surface area contributed by atoms with Gasteiger partial charge >= 0.3 is 0 Å². The average Bonchev–Trinajstić information content (AvgIpc) is 2.59. The number of nitrogens with one attached hydrogen (secondary N) is 1. The third-order valence-corrected chi connectivity index (χ3v) is 3.81. The van der Waals surface area contributed by atoms with E-state index in [1.165, 1.54) is 16.9 Å². The predicted octanol–water partition coefficient (Wildman–Crippen LogP) is 2.48. The molecular weight excluding hydrogens is 182 g/mol. The first-order valence-corrected chi connectivity index (χ1v) is 5.39. The second kappa shape index (κ2) is 3.14. The summed E-state index contributed by atoms with van der Waals surface area (Å²) in [6.07, 6.45) is 3.45. The van der Waals surface area contributed by atoms with Gasteiger partial charge in [0.1, 0.15) is 0 Å². The molecule has 1 aliphatic carbocycles. The molecule has 0 saturated carbocycles. The van der Waals surface area contributed by atoms with Crippen LogP contribution in [0.3, 0.4) is 0 Å². The SMILES string of the molecule is CNc1sc2c(c1C(C)=O)CCC2. The van der Waals surface area contributed by atoms with Gasteiger partial charge in [0.05, 0.1) is 10.6 Å². The molecule has 70 valence electrons. The van der Waals surface area contributed by atoms with Crippen LogP contribution in [-0.2, 0) is 12.8 Å². The Hall–Kier alpha value is -0.830. The average molecular weight is 195 g/mol. The zero-order valence-corrected chi connectivity index (χ0v) is 8.75. The lowest BCUT2D eigenvalue weighted by Crippen LogP contribution is -1.99. The van der Waals surface area contributed by atoms with Crippen LogP contribution in [0.25, 0.3) is 0 Å². The van der Waals surface area contributed by atoms with E-state index in [-0.39, 0.29) is 5.78 Å². The Morgan fingerprint density at radius 3 is 2.85 bits per heavy atom. The van der Waals surface area contributed by atoms with E-state index in [1.807, 2.05) is 7.05 Å². The second-order valence-corrected chi connectivity index (χ2v) is 4.47. The molecule has 2 nitrogen and oxygen atoms in total. The van der Waals surface area contributed by atoms with Gasteiger partial charge < -0.3 is 5.32 Å². The van der Waals surface area contributed by atoms with E-state index in [9.17, 15) is 4.79 Å². The minimum Gasteiger partial charge on any atom is -0.379 e. The largest absolute Gasteiger partial charge is 0.379 e. The lowest BCUT2D eigenvalue weighted by Gasteiger charge is -2.00. The van der Waals surface area contributed by atoms with Crippen molar-refractivity contribution in [1.29, 1.82) is 0 Å². The molecule has 0 bridgehead atoms. The maximum atomic E-state index is 11.4. The number of rotatable bonds is 2. The van der Waals surface area contributed by atoms with Crippen molar-refractivity contribution in [2.24, 2.45) is 0 Å². The van der Waals surface area contributed by atoms with Crippen LogP contribution in [0.5, 0.6) is 0 Å². The predicted molar refractivity (Wildman–Crippen MR) is 55.9 cm³/mol. The minimum absolute atomic E-state index is 0.198. The van der Waals surface area contributed by atoms with Crippen molar-refractivity contribution in [1.82, 2.24) is 0 Å². The standard InChI is InChI=1S/C10H13NOS/c1-6(12)9-7-4-3-5-8(7)13-10(9)11-2/h11H,3-5H2,1-2H3. The Bertz CT molecular complexity index is 354. The number of anilines is 1. The van der Waals surface area contributed by atoms with E-state index in [2.05, 4.69) is 5.32 Å². The van der Waals surface area contributed by atoms with Crippen molar-refractivity contribution < 1.29 is 4.79 Å². The zero-order chi connectivity index (χ0) is 9.42. The Labute approximate surface area is 82.0 Å². The number of carbonyl (C=O) groups excluding carboxylic acids is 1. The van der Waals surface area contributed by atoms with Gasteiger partial charge in [0.15, 0.2) is 5.78 Å². The topological polar surface area (TPSA) is 29.1 Å². The third-order valence-electron chi connectivity index (χ3n) is 2.50. The van der Waals surface area contributed by atoms with Gasteiger partial charge in [0.2, 0.25) is 0 Å². The van der Waals surface area contributed by atoms with Crippen molar-refractivity contribution >= 4 is 22.1 Å². The number of ketones is 1. The zero-order valence-electron chi connectivity index (χ0n) is 7.94. The fourth-order valence-electron chi connectivity index (χ4n) is 1.95. The van der Waals surface area contributed by atoms with Gasteiger partial charge in [-0.1, -0.05) is 0 Å². The van der Waals surface area contributed by atoms with Gasteiger partial charge in [-0.25, -0.2) is 0 Å². The van der Waals surface area contributed by atoms with Crippen LogP contribution in [0.2, 0.25) is 0 Å². The van der Waals surface area contributed by atoms with Gasteiger partial charge in [-0.3, -0.25) is 4.79 Å². The molecule has 0 aliphatic heterocycles. The molecule has 0 radical (unpaired) electrons. The van der Waals surface area contributed by atoms with Crippen molar-refractivity contribution in [3.05, 3.63) is 16.0 Å². The first-order chi connectivity index (χ1) is 6.24. The first-order valence-electron chi connectivity index (χ1n) is 4.57. The molecule has 0 unspecified atom stereocenters. The molecule has 0 atom stereocenters. The molecule has 1 aromatic heterocycles.